The molecule has 0 aliphatic carbocycles. The van der Waals surface area contributed by atoms with Crippen molar-refractivity contribution in [3.63, 3.8) is 0 Å². The van der Waals surface area contributed by atoms with E-state index in [1.807, 2.05) is 24.8 Å². The second kappa shape index (κ2) is 7.46. The van der Waals surface area contributed by atoms with Gasteiger partial charge in [-0.25, -0.2) is 19.2 Å². The van der Waals surface area contributed by atoms with Crippen LogP contribution in [0.3, 0.4) is 0 Å². The van der Waals surface area contributed by atoms with E-state index >= 15 is 0 Å². The third-order valence-corrected chi connectivity index (χ3v) is 4.35. The van der Waals surface area contributed by atoms with Crippen molar-refractivity contribution in [3.8, 4) is 0 Å². The molecular formula is C18H22FN5O. The second-order valence-electron chi connectivity index (χ2n) is 6.11. The Morgan fingerprint density at radius 2 is 2.00 bits per heavy atom. The first-order valence-electron chi connectivity index (χ1n) is 8.46. The molecule has 25 heavy (non-hydrogen) atoms. The molecule has 1 aromatic heterocycles. The van der Waals surface area contributed by atoms with Crippen molar-refractivity contribution in [1.29, 1.82) is 0 Å². The maximum Gasteiger partial charge on any atom is 0.322 e. The minimum atomic E-state index is -0.236. The average molecular weight is 343 g/mol. The zero-order valence-electron chi connectivity index (χ0n) is 14.4. The highest BCUT2D eigenvalue weighted by atomic mass is 19.1. The maximum absolute atomic E-state index is 14.0. The van der Waals surface area contributed by atoms with Crippen LogP contribution in [-0.2, 0) is 6.42 Å². The van der Waals surface area contributed by atoms with Gasteiger partial charge in [0, 0.05) is 32.1 Å². The molecule has 1 aliphatic heterocycles. The van der Waals surface area contributed by atoms with Gasteiger partial charge < -0.3 is 15.1 Å². The summed E-state index contributed by atoms with van der Waals surface area (Å²) in [7, 11) is 0. The summed E-state index contributed by atoms with van der Waals surface area (Å²) in [5, 5.41) is 2.82. The number of aryl methyl sites for hydroxylation is 1. The van der Waals surface area contributed by atoms with Crippen molar-refractivity contribution < 1.29 is 9.18 Å². The SMILES string of the molecule is CCc1ncc(NC(=O)N2CCN(c3ccccc3F)[C@H](C)C2)cn1. The lowest BCUT2D eigenvalue weighted by molar-refractivity contribution is 0.200. The highest BCUT2D eigenvalue weighted by Crippen LogP contribution is 2.23. The van der Waals surface area contributed by atoms with Crippen LogP contribution < -0.4 is 10.2 Å². The Kier molecular flexibility index (Phi) is 5.11. The Labute approximate surface area is 146 Å². The largest absolute Gasteiger partial charge is 0.363 e. The minimum Gasteiger partial charge on any atom is -0.363 e. The fraction of sp³-hybridized carbons (Fsp3) is 0.389. The topological polar surface area (TPSA) is 61.4 Å². The molecule has 0 bridgehead atoms. The van der Waals surface area contributed by atoms with Gasteiger partial charge in [0.2, 0.25) is 0 Å². The standard InChI is InChI=1S/C18H22FN5O/c1-3-17-20-10-14(11-21-17)22-18(25)23-8-9-24(13(2)12-23)16-7-5-4-6-15(16)19/h4-7,10-11,13H,3,8-9,12H2,1-2H3,(H,22,25)/t13-/m1/s1. The molecule has 0 saturated carbocycles. The first kappa shape index (κ1) is 17.1. The highest BCUT2D eigenvalue weighted by molar-refractivity contribution is 5.89. The average Bonchev–Trinajstić information content (AvgIpc) is 2.63. The number of para-hydroxylation sites is 1. The summed E-state index contributed by atoms with van der Waals surface area (Å²) in [4.78, 5) is 24.5. The lowest BCUT2D eigenvalue weighted by Gasteiger charge is -2.41. The van der Waals surface area contributed by atoms with Crippen LogP contribution in [0.4, 0.5) is 20.6 Å². The molecule has 1 aliphatic rings. The number of rotatable bonds is 3. The van der Waals surface area contributed by atoms with E-state index in [4.69, 9.17) is 0 Å². The number of hydrogen-bond acceptors (Lipinski definition) is 4. The molecule has 1 atom stereocenters. The smallest absolute Gasteiger partial charge is 0.322 e. The van der Waals surface area contributed by atoms with Crippen LogP contribution in [0.5, 0.6) is 0 Å². The van der Waals surface area contributed by atoms with Gasteiger partial charge in [-0.05, 0) is 19.1 Å². The predicted molar refractivity (Wildman–Crippen MR) is 95.2 cm³/mol. The first-order valence-corrected chi connectivity index (χ1v) is 8.46. The van der Waals surface area contributed by atoms with E-state index in [1.54, 1.807) is 29.4 Å². The van der Waals surface area contributed by atoms with Crippen LogP contribution in [0, 0.1) is 5.82 Å². The number of anilines is 2. The van der Waals surface area contributed by atoms with Crippen LogP contribution in [0.15, 0.2) is 36.7 Å². The number of carbonyl (C=O) groups is 1. The molecule has 132 valence electrons. The molecule has 1 aromatic carbocycles. The molecule has 1 fully saturated rings. The van der Waals surface area contributed by atoms with E-state index < -0.39 is 0 Å². The van der Waals surface area contributed by atoms with E-state index in [-0.39, 0.29) is 17.9 Å². The number of urea groups is 1. The molecule has 0 spiro atoms. The Bertz CT molecular complexity index is 737. The molecule has 2 heterocycles. The van der Waals surface area contributed by atoms with Crippen molar-refractivity contribution in [2.45, 2.75) is 26.3 Å². The summed E-state index contributed by atoms with van der Waals surface area (Å²) in [5.74, 6) is 0.505. The van der Waals surface area contributed by atoms with Gasteiger partial charge in [0.1, 0.15) is 11.6 Å². The molecule has 0 radical (unpaired) electrons. The van der Waals surface area contributed by atoms with Gasteiger partial charge in [-0.3, -0.25) is 0 Å². The van der Waals surface area contributed by atoms with Crippen molar-refractivity contribution >= 4 is 17.4 Å². The molecule has 0 unspecified atom stereocenters. The number of piperazine rings is 1. The van der Waals surface area contributed by atoms with Gasteiger partial charge in [-0.2, -0.15) is 0 Å². The van der Waals surface area contributed by atoms with E-state index in [0.717, 1.165) is 12.2 Å². The van der Waals surface area contributed by atoms with Crippen molar-refractivity contribution in [2.75, 3.05) is 29.9 Å². The van der Waals surface area contributed by atoms with E-state index in [0.29, 0.717) is 31.0 Å². The van der Waals surface area contributed by atoms with Gasteiger partial charge in [0.05, 0.1) is 23.8 Å². The summed E-state index contributed by atoms with van der Waals surface area (Å²) >= 11 is 0. The zero-order chi connectivity index (χ0) is 17.8. The van der Waals surface area contributed by atoms with E-state index in [2.05, 4.69) is 15.3 Å². The Morgan fingerprint density at radius 3 is 2.64 bits per heavy atom. The lowest BCUT2D eigenvalue weighted by Crippen LogP contribution is -2.55. The Morgan fingerprint density at radius 1 is 1.28 bits per heavy atom. The van der Waals surface area contributed by atoms with Crippen LogP contribution >= 0.6 is 0 Å². The molecular weight excluding hydrogens is 321 g/mol. The molecule has 2 amide bonds. The summed E-state index contributed by atoms with van der Waals surface area (Å²) in [6.45, 7) is 5.60. The van der Waals surface area contributed by atoms with Gasteiger partial charge in [-0.15, -0.1) is 0 Å². The number of hydrogen-bond donors (Lipinski definition) is 1. The molecule has 7 heteroatoms. The van der Waals surface area contributed by atoms with Crippen LogP contribution in [0.25, 0.3) is 0 Å². The number of amides is 2. The third kappa shape index (κ3) is 3.87. The summed E-state index contributed by atoms with van der Waals surface area (Å²) in [5.41, 5.74) is 1.16. The minimum absolute atomic E-state index is 0.0233. The van der Waals surface area contributed by atoms with Crippen LogP contribution in [0.1, 0.15) is 19.7 Å². The van der Waals surface area contributed by atoms with E-state index in [1.165, 1.54) is 6.07 Å². The second-order valence-corrected chi connectivity index (χ2v) is 6.11. The quantitative estimate of drug-likeness (QED) is 0.931. The van der Waals surface area contributed by atoms with Gasteiger partial charge >= 0.3 is 6.03 Å². The van der Waals surface area contributed by atoms with Crippen LogP contribution in [-0.4, -0.2) is 46.6 Å². The van der Waals surface area contributed by atoms with Crippen molar-refractivity contribution in [1.82, 2.24) is 14.9 Å². The van der Waals surface area contributed by atoms with Gasteiger partial charge in [0.15, 0.2) is 0 Å². The predicted octanol–water partition coefficient (Wildman–Crippen LogP) is 2.92. The number of carbonyl (C=O) groups excluding carboxylic acids is 1. The molecule has 6 nitrogen and oxygen atoms in total. The maximum atomic E-state index is 14.0. The monoisotopic (exact) mass is 343 g/mol. The summed E-state index contributed by atoms with van der Waals surface area (Å²) < 4.78 is 14.0. The van der Waals surface area contributed by atoms with Gasteiger partial charge in [-0.1, -0.05) is 19.1 Å². The molecule has 1 saturated heterocycles. The normalized spacial score (nSPS) is 17.5. The Hall–Kier alpha value is -2.70. The molecule has 1 N–H and O–H groups in total. The van der Waals surface area contributed by atoms with E-state index in [9.17, 15) is 9.18 Å². The van der Waals surface area contributed by atoms with Crippen molar-refractivity contribution in [3.05, 3.63) is 48.3 Å². The van der Waals surface area contributed by atoms with Crippen molar-refractivity contribution in [2.24, 2.45) is 0 Å². The lowest BCUT2D eigenvalue weighted by atomic mass is 10.1. The molecule has 2 aromatic rings. The zero-order valence-corrected chi connectivity index (χ0v) is 14.4. The Balaban J connectivity index is 1.62. The first-order chi connectivity index (χ1) is 12.1. The number of benzene rings is 1. The van der Waals surface area contributed by atoms with Crippen LogP contribution in [0.2, 0.25) is 0 Å². The van der Waals surface area contributed by atoms with Gasteiger partial charge in [0.25, 0.3) is 0 Å². The third-order valence-electron chi connectivity index (χ3n) is 4.35. The summed E-state index contributed by atoms with van der Waals surface area (Å²) in [6, 6.07) is 6.57. The number of halogens is 1. The summed E-state index contributed by atoms with van der Waals surface area (Å²) in [6.07, 6.45) is 3.98. The number of nitrogens with one attached hydrogen (secondary N) is 1. The fourth-order valence-corrected chi connectivity index (χ4v) is 2.99. The number of aromatic nitrogens is 2. The fourth-order valence-electron chi connectivity index (χ4n) is 2.99. The molecule has 3 rings (SSSR count). The number of nitrogens with zero attached hydrogens (tertiary/aromatic N) is 4. The highest BCUT2D eigenvalue weighted by Gasteiger charge is 2.28.